The fourth-order valence-electron chi connectivity index (χ4n) is 5.02. The molecule has 0 bridgehead atoms. The normalized spacial score (nSPS) is 19.0. The van der Waals surface area contributed by atoms with Gasteiger partial charge in [-0.2, -0.15) is 0 Å². The second kappa shape index (κ2) is 9.08. The number of imidazole rings is 1. The summed E-state index contributed by atoms with van der Waals surface area (Å²) in [7, 11) is 0. The van der Waals surface area contributed by atoms with Gasteiger partial charge in [0.2, 0.25) is 5.91 Å². The Morgan fingerprint density at radius 1 is 1.09 bits per heavy atom. The molecule has 2 saturated heterocycles. The third-order valence-electron chi connectivity index (χ3n) is 6.84. The van der Waals surface area contributed by atoms with Gasteiger partial charge in [0, 0.05) is 42.7 Å². The third-order valence-corrected chi connectivity index (χ3v) is 7.08. The van der Waals surface area contributed by atoms with E-state index in [9.17, 15) is 4.79 Å². The number of halogens is 1. The molecule has 0 saturated carbocycles. The van der Waals surface area contributed by atoms with Crippen LogP contribution in [0.3, 0.4) is 0 Å². The maximum absolute atomic E-state index is 13.1. The quantitative estimate of drug-likeness (QED) is 0.628. The number of pyridine rings is 1. The number of hydrogen-bond donors (Lipinski definition) is 2. The van der Waals surface area contributed by atoms with Crippen molar-refractivity contribution < 1.29 is 4.79 Å². The van der Waals surface area contributed by atoms with Crippen LogP contribution in [-0.2, 0) is 11.3 Å². The van der Waals surface area contributed by atoms with E-state index in [2.05, 4.69) is 19.8 Å². The first kappa shape index (κ1) is 21.2. The van der Waals surface area contributed by atoms with Crippen LogP contribution < -0.4 is 5.73 Å². The first-order chi connectivity index (χ1) is 15.5. The van der Waals surface area contributed by atoms with Crippen molar-refractivity contribution in [2.24, 2.45) is 5.92 Å². The van der Waals surface area contributed by atoms with E-state index in [0.29, 0.717) is 22.7 Å². The zero-order valence-electron chi connectivity index (χ0n) is 18.1. The number of carbonyl (C=O) groups excluding carboxylic acids is 1. The van der Waals surface area contributed by atoms with Gasteiger partial charge in [0.1, 0.15) is 11.6 Å². The van der Waals surface area contributed by atoms with Gasteiger partial charge in [-0.05, 0) is 74.7 Å². The molecule has 0 unspecified atom stereocenters. The number of H-pyrrole nitrogens is 1. The van der Waals surface area contributed by atoms with E-state index in [1.54, 1.807) is 6.20 Å². The Balaban J connectivity index is 1.12. The van der Waals surface area contributed by atoms with Crippen LogP contribution in [-0.4, -0.2) is 56.8 Å². The summed E-state index contributed by atoms with van der Waals surface area (Å²) in [6.07, 6.45) is 5.49. The largest absolute Gasteiger partial charge is 0.384 e. The van der Waals surface area contributed by atoms with Crippen LogP contribution in [0.25, 0.3) is 11.0 Å². The SMILES string of the molecule is Nc1cc(CN2CCC(C(=O)N3CCC(c4nc5ccc(Cl)cc5[nH]4)CC3)CC2)ccn1. The number of likely N-dealkylation sites (tertiary alicyclic amines) is 2. The Morgan fingerprint density at radius 2 is 1.88 bits per heavy atom. The van der Waals surface area contributed by atoms with Crippen molar-refractivity contribution in [3.63, 3.8) is 0 Å². The summed E-state index contributed by atoms with van der Waals surface area (Å²) >= 11 is 6.09. The van der Waals surface area contributed by atoms with E-state index < -0.39 is 0 Å². The fourth-order valence-corrected chi connectivity index (χ4v) is 5.19. The number of fused-ring (bicyclic) bond motifs is 1. The molecular weight excluding hydrogens is 424 g/mol. The number of nitrogens with two attached hydrogens (primary N) is 1. The summed E-state index contributed by atoms with van der Waals surface area (Å²) in [5, 5.41) is 0.712. The van der Waals surface area contributed by atoms with E-state index >= 15 is 0 Å². The van der Waals surface area contributed by atoms with Crippen molar-refractivity contribution in [1.82, 2.24) is 24.8 Å². The molecule has 4 heterocycles. The molecule has 0 atom stereocenters. The van der Waals surface area contributed by atoms with Gasteiger partial charge in [-0.15, -0.1) is 0 Å². The van der Waals surface area contributed by atoms with Gasteiger partial charge >= 0.3 is 0 Å². The zero-order valence-corrected chi connectivity index (χ0v) is 18.9. The van der Waals surface area contributed by atoms with Crippen molar-refractivity contribution in [2.45, 2.75) is 38.1 Å². The summed E-state index contributed by atoms with van der Waals surface area (Å²) in [4.78, 5) is 29.8. The Morgan fingerprint density at radius 3 is 2.62 bits per heavy atom. The molecule has 3 N–H and O–H groups in total. The first-order valence-corrected chi connectivity index (χ1v) is 11.8. The average molecular weight is 453 g/mol. The number of nitrogen functional groups attached to an aromatic ring is 1. The number of aromatic nitrogens is 3. The molecule has 2 fully saturated rings. The minimum Gasteiger partial charge on any atom is -0.384 e. The minimum absolute atomic E-state index is 0.138. The Labute approximate surface area is 193 Å². The Kier molecular flexibility index (Phi) is 6.02. The van der Waals surface area contributed by atoms with E-state index in [1.807, 2.05) is 30.3 Å². The summed E-state index contributed by atoms with van der Waals surface area (Å²) in [6.45, 7) is 4.35. The molecule has 0 spiro atoms. The molecule has 3 aromatic rings. The summed E-state index contributed by atoms with van der Waals surface area (Å²) in [5.41, 5.74) is 8.89. The molecule has 2 aliphatic rings. The summed E-state index contributed by atoms with van der Waals surface area (Å²) in [5.74, 6) is 2.40. The number of hydrogen-bond acceptors (Lipinski definition) is 5. The van der Waals surface area contributed by atoms with E-state index in [-0.39, 0.29) is 5.92 Å². The van der Waals surface area contributed by atoms with Gasteiger partial charge in [-0.3, -0.25) is 9.69 Å². The number of rotatable bonds is 4. The number of benzene rings is 1. The lowest BCUT2D eigenvalue weighted by Gasteiger charge is -2.37. The molecule has 5 rings (SSSR count). The van der Waals surface area contributed by atoms with Gasteiger partial charge in [0.25, 0.3) is 0 Å². The molecule has 0 aliphatic carbocycles. The topological polar surface area (TPSA) is 91.1 Å². The lowest BCUT2D eigenvalue weighted by Crippen LogP contribution is -2.45. The van der Waals surface area contributed by atoms with Crippen LogP contribution in [0.4, 0.5) is 5.82 Å². The van der Waals surface area contributed by atoms with Gasteiger partial charge < -0.3 is 15.6 Å². The Hall–Kier alpha value is -2.64. The summed E-state index contributed by atoms with van der Waals surface area (Å²) in [6, 6.07) is 9.67. The third kappa shape index (κ3) is 4.59. The van der Waals surface area contributed by atoms with Crippen LogP contribution in [0.2, 0.25) is 5.02 Å². The molecule has 2 aliphatic heterocycles. The number of nitrogens with one attached hydrogen (secondary N) is 1. The predicted molar refractivity (Wildman–Crippen MR) is 126 cm³/mol. The predicted octanol–water partition coefficient (Wildman–Crippen LogP) is 3.81. The van der Waals surface area contributed by atoms with Crippen molar-refractivity contribution in [3.8, 4) is 0 Å². The maximum Gasteiger partial charge on any atom is 0.225 e. The van der Waals surface area contributed by atoms with Crippen molar-refractivity contribution in [1.29, 1.82) is 0 Å². The van der Waals surface area contributed by atoms with Crippen LogP contribution >= 0.6 is 11.6 Å². The number of aromatic amines is 1. The highest BCUT2D eigenvalue weighted by molar-refractivity contribution is 6.31. The van der Waals surface area contributed by atoms with Gasteiger partial charge in [-0.1, -0.05) is 11.6 Å². The van der Waals surface area contributed by atoms with E-state index in [1.165, 1.54) is 5.56 Å². The standard InChI is InChI=1S/C24H29ClN6O/c25-19-1-2-20-21(14-19)29-23(28-20)17-6-11-31(12-7-17)24(32)18-4-9-30(10-5-18)15-16-3-8-27-22(26)13-16/h1-3,8,13-14,17-18H,4-7,9-12,15H2,(H2,26,27)(H,28,29). The second-order valence-corrected chi connectivity index (χ2v) is 9.46. The van der Waals surface area contributed by atoms with E-state index in [0.717, 1.165) is 75.3 Å². The number of carbonyl (C=O) groups is 1. The monoisotopic (exact) mass is 452 g/mol. The Bertz CT molecular complexity index is 1100. The highest BCUT2D eigenvalue weighted by atomic mass is 35.5. The van der Waals surface area contributed by atoms with Crippen LogP contribution in [0.1, 0.15) is 43.0 Å². The molecule has 168 valence electrons. The number of amides is 1. The zero-order chi connectivity index (χ0) is 22.1. The maximum atomic E-state index is 13.1. The van der Waals surface area contributed by atoms with E-state index in [4.69, 9.17) is 22.3 Å². The van der Waals surface area contributed by atoms with Crippen LogP contribution in [0.5, 0.6) is 0 Å². The second-order valence-electron chi connectivity index (χ2n) is 9.02. The molecule has 1 amide bonds. The number of piperidine rings is 2. The molecular formula is C24H29ClN6O. The van der Waals surface area contributed by atoms with Crippen LogP contribution in [0, 0.1) is 5.92 Å². The van der Waals surface area contributed by atoms with Gasteiger partial charge in [-0.25, -0.2) is 9.97 Å². The highest BCUT2D eigenvalue weighted by Gasteiger charge is 2.32. The number of nitrogens with zero attached hydrogens (tertiary/aromatic N) is 4. The smallest absolute Gasteiger partial charge is 0.225 e. The minimum atomic E-state index is 0.138. The highest BCUT2D eigenvalue weighted by Crippen LogP contribution is 2.30. The average Bonchev–Trinajstić information content (AvgIpc) is 3.22. The summed E-state index contributed by atoms with van der Waals surface area (Å²) < 4.78 is 0. The lowest BCUT2D eigenvalue weighted by atomic mass is 9.91. The first-order valence-electron chi connectivity index (χ1n) is 11.4. The fraction of sp³-hybridized carbons (Fsp3) is 0.458. The van der Waals surface area contributed by atoms with Crippen molar-refractivity contribution in [3.05, 3.63) is 52.9 Å². The molecule has 0 radical (unpaired) electrons. The molecule has 1 aromatic carbocycles. The molecule has 7 nitrogen and oxygen atoms in total. The van der Waals surface area contributed by atoms with Crippen molar-refractivity contribution >= 4 is 34.4 Å². The van der Waals surface area contributed by atoms with Crippen LogP contribution in [0.15, 0.2) is 36.5 Å². The van der Waals surface area contributed by atoms with Crippen molar-refractivity contribution in [2.75, 3.05) is 31.9 Å². The number of anilines is 1. The lowest BCUT2D eigenvalue weighted by molar-refractivity contribution is -0.138. The molecule has 2 aromatic heterocycles. The van der Waals surface area contributed by atoms with Gasteiger partial charge in [0.15, 0.2) is 0 Å². The molecule has 32 heavy (non-hydrogen) atoms. The van der Waals surface area contributed by atoms with Gasteiger partial charge in [0.05, 0.1) is 11.0 Å². The molecule has 8 heteroatoms.